The van der Waals surface area contributed by atoms with E-state index in [0.29, 0.717) is 0 Å². The van der Waals surface area contributed by atoms with Crippen molar-refractivity contribution in [2.45, 2.75) is 26.1 Å². The van der Waals surface area contributed by atoms with E-state index >= 15 is 0 Å². The maximum absolute atomic E-state index is 11.7. The first-order valence-electron chi connectivity index (χ1n) is 4.23. The van der Waals surface area contributed by atoms with Gasteiger partial charge in [-0.25, -0.2) is 0 Å². The van der Waals surface area contributed by atoms with Gasteiger partial charge >= 0.3 is 64.3 Å². The summed E-state index contributed by atoms with van der Waals surface area (Å²) in [5.41, 5.74) is 0. The minimum atomic E-state index is -4.94. The molecule has 0 N–H and O–H groups in total. The van der Waals surface area contributed by atoms with Crippen LogP contribution >= 0.6 is 0 Å². The molecule has 0 amide bonds. The third-order valence-corrected chi connectivity index (χ3v) is 1.40. The van der Waals surface area contributed by atoms with Gasteiger partial charge in [-0.3, -0.25) is 9.59 Å². The van der Waals surface area contributed by atoms with Gasteiger partial charge in [-0.2, -0.15) is 0 Å². The largest absolute Gasteiger partial charge is 1.00 e. The predicted molar refractivity (Wildman–Crippen MR) is 44.8 cm³/mol. The number of esters is 1. The Morgan fingerprint density at radius 1 is 1.27 bits per heavy atom. The molecule has 0 aliphatic carbocycles. The predicted octanol–water partition coefficient (Wildman–Crippen LogP) is -1.25. The van der Waals surface area contributed by atoms with E-state index in [1.165, 1.54) is 0 Å². The molecular weight excluding hydrogens is 239 g/mol. The normalized spacial score (nSPS) is 10.4. The van der Waals surface area contributed by atoms with E-state index in [1.54, 1.807) is 6.92 Å². The van der Waals surface area contributed by atoms with Gasteiger partial charge < -0.3 is 17.7 Å². The summed E-state index contributed by atoms with van der Waals surface area (Å²) in [4.78, 5) is 21.4. The number of Topliss-reactive ketones (excluding diaryl/α,β-unsaturated/α-hetero) is 1. The van der Waals surface area contributed by atoms with E-state index in [2.05, 4.69) is 4.74 Å². The molecule has 0 spiro atoms. The van der Waals surface area contributed by atoms with E-state index in [-0.39, 0.29) is 58.0 Å². The number of rotatable bonds is 6. The average molecular weight is 250 g/mol. The molecule has 8 heteroatoms. The molecule has 0 fully saturated rings. The molecule has 0 atom stereocenters. The van der Waals surface area contributed by atoms with Gasteiger partial charge in [0.05, 0.1) is 6.61 Å². The zero-order valence-electron chi connectivity index (χ0n) is 8.76. The van der Waals surface area contributed by atoms with Crippen molar-refractivity contribution >= 4 is 18.7 Å². The van der Waals surface area contributed by atoms with Gasteiger partial charge in [-0.05, 0) is 13.3 Å². The van der Waals surface area contributed by atoms with E-state index in [1.807, 2.05) is 0 Å². The van der Waals surface area contributed by atoms with E-state index in [0.717, 1.165) is 0 Å². The van der Waals surface area contributed by atoms with Crippen LogP contribution in [0.5, 0.6) is 0 Å². The summed E-state index contributed by atoms with van der Waals surface area (Å²) in [5, 5.41) is 0. The van der Waals surface area contributed by atoms with E-state index in [9.17, 15) is 22.5 Å². The standard InChI is InChI=1S/C7H11BF3O3.K/c1-2-14-7(13)5-6(12)3-4-8(9,10)11;/h2-5H2,1H3;/q-1;+1. The molecular formula is C7H11BF3KO3. The molecule has 0 heterocycles. The molecule has 0 saturated carbocycles. The monoisotopic (exact) mass is 250 g/mol. The van der Waals surface area contributed by atoms with Crippen molar-refractivity contribution in [1.29, 1.82) is 0 Å². The van der Waals surface area contributed by atoms with Crippen molar-refractivity contribution in [3.05, 3.63) is 0 Å². The van der Waals surface area contributed by atoms with Crippen LogP contribution in [0.15, 0.2) is 0 Å². The second-order valence-corrected chi connectivity index (χ2v) is 2.77. The van der Waals surface area contributed by atoms with Crippen molar-refractivity contribution < 1.29 is 78.7 Å². The Bertz CT molecular complexity index is 220. The summed E-state index contributed by atoms with van der Waals surface area (Å²) >= 11 is 0. The van der Waals surface area contributed by atoms with E-state index < -0.39 is 37.9 Å². The third-order valence-electron chi connectivity index (χ3n) is 1.40. The van der Waals surface area contributed by atoms with Crippen molar-refractivity contribution in [2.75, 3.05) is 6.61 Å². The minimum Gasteiger partial charge on any atom is -0.466 e. The maximum Gasteiger partial charge on any atom is 1.00 e. The fraction of sp³-hybridized carbons (Fsp3) is 0.714. The SMILES string of the molecule is CCOC(=O)CC(=O)CC[B-](F)(F)F.[K+]. The third kappa shape index (κ3) is 12.6. The Balaban J connectivity index is 0. The Labute approximate surface area is 129 Å². The zero-order chi connectivity index (χ0) is 11.2. The van der Waals surface area contributed by atoms with Crippen LogP contribution in [-0.2, 0) is 14.3 Å². The molecule has 0 bridgehead atoms. The number of carbonyl (C=O) groups is 2. The maximum atomic E-state index is 11.7. The molecule has 0 aliphatic rings. The van der Waals surface area contributed by atoms with Gasteiger partial charge in [0.25, 0.3) is 0 Å². The fourth-order valence-electron chi connectivity index (χ4n) is 0.786. The first-order valence-corrected chi connectivity index (χ1v) is 4.23. The van der Waals surface area contributed by atoms with Crippen LogP contribution in [-0.4, -0.2) is 25.3 Å². The summed E-state index contributed by atoms with van der Waals surface area (Å²) in [7, 11) is 0. The first kappa shape index (κ1) is 18.0. The van der Waals surface area contributed by atoms with Crippen LogP contribution in [0, 0.1) is 0 Å². The summed E-state index contributed by atoms with van der Waals surface area (Å²) in [6, 6.07) is 0. The number of ether oxygens (including phenoxy) is 1. The van der Waals surface area contributed by atoms with Crippen LogP contribution in [0.3, 0.4) is 0 Å². The average Bonchev–Trinajstić information content (AvgIpc) is 2.00. The Morgan fingerprint density at radius 3 is 2.20 bits per heavy atom. The smallest absolute Gasteiger partial charge is 0.466 e. The van der Waals surface area contributed by atoms with E-state index in [4.69, 9.17) is 0 Å². The van der Waals surface area contributed by atoms with Crippen LogP contribution < -0.4 is 51.4 Å². The van der Waals surface area contributed by atoms with Gasteiger partial charge in [-0.15, -0.1) is 0 Å². The second kappa shape index (κ2) is 8.75. The molecule has 0 rings (SSSR count). The molecule has 0 aromatic carbocycles. The molecule has 0 aliphatic heterocycles. The van der Waals surface area contributed by atoms with Gasteiger partial charge in [0.2, 0.25) is 0 Å². The van der Waals surface area contributed by atoms with Crippen LogP contribution in [0.1, 0.15) is 19.8 Å². The molecule has 0 aromatic heterocycles. The number of ketones is 1. The molecule has 3 nitrogen and oxygen atoms in total. The Kier molecular flexibility index (Phi) is 10.5. The molecule has 0 aromatic rings. The summed E-state index contributed by atoms with van der Waals surface area (Å²) in [6.07, 6.45) is -2.33. The van der Waals surface area contributed by atoms with Crippen LogP contribution in [0.2, 0.25) is 6.32 Å². The molecule has 15 heavy (non-hydrogen) atoms. The summed E-state index contributed by atoms with van der Waals surface area (Å²) < 4.78 is 39.5. The van der Waals surface area contributed by atoms with Crippen molar-refractivity contribution in [3.63, 3.8) is 0 Å². The number of hydrogen-bond acceptors (Lipinski definition) is 3. The first-order chi connectivity index (χ1) is 6.35. The van der Waals surface area contributed by atoms with Gasteiger partial charge in [0.15, 0.2) is 0 Å². The fourth-order valence-corrected chi connectivity index (χ4v) is 0.786. The number of hydrogen-bond donors (Lipinski definition) is 0. The second-order valence-electron chi connectivity index (χ2n) is 2.77. The van der Waals surface area contributed by atoms with Crippen molar-refractivity contribution in [1.82, 2.24) is 0 Å². The number of halogens is 3. The van der Waals surface area contributed by atoms with Crippen LogP contribution in [0.4, 0.5) is 12.9 Å². The quantitative estimate of drug-likeness (QED) is 0.336. The van der Waals surface area contributed by atoms with Crippen molar-refractivity contribution in [3.8, 4) is 0 Å². The summed E-state index contributed by atoms with van der Waals surface area (Å²) in [5.74, 6) is -1.50. The topological polar surface area (TPSA) is 43.4 Å². The molecule has 0 radical (unpaired) electrons. The summed E-state index contributed by atoms with van der Waals surface area (Å²) in [6.45, 7) is -3.27. The zero-order valence-corrected chi connectivity index (χ0v) is 11.9. The minimum absolute atomic E-state index is 0. The molecule has 0 unspecified atom stereocenters. The van der Waals surface area contributed by atoms with Gasteiger partial charge in [0.1, 0.15) is 12.2 Å². The molecule has 0 saturated heterocycles. The Hall–Kier alpha value is 0.631. The Morgan fingerprint density at radius 2 is 1.80 bits per heavy atom. The van der Waals surface area contributed by atoms with Gasteiger partial charge in [0, 0.05) is 0 Å². The molecule has 82 valence electrons. The van der Waals surface area contributed by atoms with Gasteiger partial charge in [-0.1, -0.05) is 6.32 Å². The van der Waals surface area contributed by atoms with Crippen molar-refractivity contribution in [2.24, 2.45) is 0 Å². The number of carbonyl (C=O) groups excluding carboxylic acids is 2. The van der Waals surface area contributed by atoms with Crippen LogP contribution in [0.25, 0.3) is 0 Å².